The van der Waals surface area contributed by atoms with Gasteiger partial charge in [0, 0.05) is 0 Å². The van der Waals surface area contributed by atoms with Crippen LogP contribution in [0.3, 0.4) is 0 Å². The van der Waals surface area contributed by atoms with Gasteiger partial charge < -0.3 is 4.74 Å². The number of allylic oxidation sites excluding steroid dienone is 2. The van der Waals surface area contributed by atoms with Crippen LogP contribution < -0.4 is 0 Å². The summed E-state index contributed by atoms with van der Waals surface area (Å²) in [4.78, 5) is 11.7. The summed E-state index contributed by atoms with van der Waals surface area (Å²) in [6.07, 6.45) is 0.0542. The number of ketones is 1. The van der Waals surface area contributed by atoms with Gasteiger partial charge in [0.1, 0.15) is 5.76 Å². The molecule has 0 spiro atoms. The summed E-state index contributed by atoms with van der Waals surface area (Å²) in [5.41, 5.74) is 2.03. The standard InChI is InChI=1S/C14H14O2/c1-9(2)16-14-10(3)13(15)12(14)11-7-5-4-6-8-11/h4-9H,3H2,1-2H3. The molecule has 0 fully saturated rings. The highest BCUT2D eigenvalue weighted by atomic mass is 16.5. The van der Waals surface area contributed by atoms with Crippen LogP contribution in [0.4, 0.5) is 0 Å². The maximum atomic E-state index is 11.7. The number of carbonyl (C=O) groups excluding carboxylic acids is 1. The average molecular weight is 214 g/mol. The number of hydrogen-bond acceptors (Lipinski definition) is 2. The van der Waals surface area contributed by atoms with Crippen molar-refractivity contribution in [2.75, 3.05) is 0 Å². The van der Waals surface area contributed by atoms with Crippen LogP contribution >= 0.6 is 0 Å². The third-order valence-corrected chi connectivity index (χ3v) is 2.42. The van der Waals surface area contributed by atoms with Crippen LogP contribution in [0.2, 0.25) is 0 Å². The van der Waals surface area contributed by atoms with E-state index in [1.807, 2.05) is 44.2 Å². The number of carbonyl (C=O) groups is 1. The molecule has 2 heteroatoms. The molecule has 1 aromatic rings. The van der Waals surface area contributed by atoms with E-state index in [0.29, 0.717) is 16.9 Å². The lowest BCUT2D eigenvalue weighted by Crippen LogP contribution is -2.24. The van der Waals surface area contributed by atoms with E-state index in [0.717, 1.165) is 5.56 Å². The predicted molar refractivity (Wildman–Crippen MR) is 63.7 cm³/mol. The molecule has 1 aliphatic rings. The Morgan fingerprint density at radius 3 is 2.38 bits per heavy atom. The zero-order chi connectivity index (χ0) is 11.7. The molecular formula is C14H14O2. The van der Waals surface area contributed by atoms with Crippen molar-refractivity contribution >= 4 is 11.4 Å². The summed E-state index contributed by atoms with van der Waals surface area (Å²) >= 11 is 0. The van der Waals surface area contributed by atoms with Gasteiger partial charge in [-0.15, -0.1) is 0 Å². The Hall–Kier alpha value is -1.83. The number of benzene rings is 1. The van der Waals surface area contributed by atoms with Crippen LogP contribution in [0.1, 0.15) is 19.4 Å². The fraction of sp³-hybridized carbons (Fsp3) is 0.214. The zero-order valence-corrected chi connectivity index (χ0v) is 9.49. The first-order chi connectivity index (χ1) is 7.61. The Kier molecular flexibility index (Phi) is 2.65. The van der Waals surface area contributed by atoms with Crippen molar-refractivity contribution in [2.24, 2.45) is 0 Å². The molecule has 0 amide bonds. The smallest absolute Gasteiger partial charge is 0.200 e. The summed E-state index contributed by atoms with van der Waals surface area (Å²) in [5.74, 6) is 0.632. The van der Waals surface area contributed by atoms with E-state index in [9.17, 15) is 4.79 Å². The van der Waals surface area contributed by atoms with Gasteiger partial charge in [0.15, 0.2) is 0 Å². The number of ether oxygens (including phenoxy) is 1. The molecule has 82 valence electrons. The number of hydrogen-bond donors (Lipinski definition) is 0. The third kappa shape index (κ3) is 1.67. The first-order valence-electron chi connectivity index (χ1n) is 5.31. The van der Waals surface area contributed by atoms with E-state index in [2.05, 4.69) is 6.58 Å². The Morgan fingerprint density at radius 2 is 1.81 bits per heavy atom. The molecule has 0 saturated heterocycles. The van der Waals surface area contributed by atoms with Gasteiger partial charge in [-0.05, 0) is 19.4 Å². The Bertz CT molecular complexity index is 467. The van der Waals surface area contributed by atoms with Crippen molar-refractivity contribution in [2.45, 2.75) is 20.0 Å². The molecule has 2 nitrogen and oxygen atoms in total. The van der Waals surface area contributed by atoms with Crippen LogP contribution in [-0.4, -0.2) is 11.9 Å². The summed E-state index contributed by atoms with van der Waals surface area (Å²) in [7, 11) is 0. The second-order valence-electron chi connectivity index (χ2n) is 4.04. The molecule has 0 unspecified atom stereocenters. The maximum absolute atomic E-state index is 11.7. The van der Waals surface area contributed by atoms with Gasteiger partial charge in [-0.3, -0.25) is 4.79 Å². The molecule has 1 aliphatic carbocycles. The average Bonchev–Trinajstić information content (AvgIpc) is 2.29. The fourth-order valence-electron chi connectivity index (χ4n) is 1.68. The highest BCUT2D eigenvalue weighted by Gasteiger charge is 2.34. The molecule has 2 rings (SSSR count). The van der Waals surface area contributed by atoms with Crippen molar-refractivity contribution in [1.82, 2.24) is 0 Å². The number of rotatable bonds is 3. The summed E-state index contributed by atoms with van der Waals surface area (Å²) in [5, 5.41) is 0. The van der Waals surface area contributed by atoms with Gasteiger partial charge in [-0.1, -0.05) is 36.9 Å². The minimum Gasteiger partial charge on any atom is -0.489 e. The van der Waals surface area contributed by atoms with Gasteiger partial charge in [-0.25, -0.2) is 0 Å². The van der Waals surface area contributed by atoms with Gasteiger partial charge in [0.05, 0.1) is 17.3 Å². The van der Waals surface area contributed by atoms with Crippen LogP contribution in [0.5, 0.6) is 0 Å². The second kappa shape index (κ2) is 3.97. The molecule has 0 aliphatic heterocycles. The molecule has 0 N–H and O–H groups in total. The van der Waals surface area contributed by atoms with E-state index in [4.69, 9.17) is 4.74 Å². The van der Waals surface area contributed by atoms with Crippen LogP contribution in [0.15, 0.2) is 48.2 Å². The molecule has 16 heavy (non-hydrogen) atoms. The second-order valence-corrected chi connectivity index (χ2v) is 4.04. The highest BCUT2D eigenvalue weighted by Crippen LogP contribution is 2.37. The van der Waals surface area contributed by atoms with Gasteiger partial charge in [0.25, 0.3) is 0 Å². The van der Waals surface area contributed by atoms with Crippen LogP contribution in [0.25, 0.3) is 5.57 Å². The van der Waals surface area contributed by atoms with Crippen molar-refractivity contribution in [3.05, 3.63) is 53.8 Å². The Labute approximate surface area is 95.2 Å². The van der Waals surface area contributed by atoms with E-state index in [1.54, 1.807) is 0 Å². The monoisotopic (exact) mass is 214 g/mol. The minimum absolute atomic E-state index is 0.0122. The lowest BCUT2D eigenvalue weighted by molar-refractivity contribution is -0.112. The van der Waals surface area contributed by atoms with Crippen molar-refractivity contribution in [3.8, 4) is 0 Å². The molecule has 0 saturated carbocycles. The molecule has 0 aromatic heterocycles. The van der Waals surface area contributed by atoms with E-state index in [-0.39, 0.29) is 11.9 Å². The predicted octanol–water partition coefficient (Wildman–Crippen LogP) is 2.96. The lowest BCUT2D eigenvalue weighted by atomic mass is 9.84. The first kappa shape index (κ1) is 10.7. The summed E-state index contributed by atoms with van der Waals surface area (Å²) in [6, 6.07) is 9.55. The van der Waals surface area contributed by atoms with Crippen molar-refractivity contribution in [3.63, 3.8) is 0 Å². The molecule has 0 bridgehead atoms. The molecular weight excluding hydrogens is 200 g/mol. The third-order valence-electron chi connectivity index (χ3n) is 2.42. The van der Waals surface area contributed by atoms with Crippen LogP contribution in [0, 0.1) is 0 Å². The first-order valence-corrected chi connectivity index (χ1v) is 5.31. The normalized spacial score (nSPS) is 15.4. The Morgan fingerprint density at radius 1 is 1.19 bits per heavy atom. The van der Waals surface area contributed by atoms with E-state index in [1.165, 1.54) is 0 Å². The van der Waals surface area contributed by atoms with Gasteiger partial charge in [0.2, 0.25) is 5.78 Å². The zero-order valence-electron chi connectivity index (χ0n) is 9.49. The topological polar surface area (TPSA) is 26.3 Å². The quantitative estimate of drug-likeness (QED) is 0.723. The van der Waals surface area contributed by atoms with E-state index >= 15 is 0 Å². The maximum Gasteiger partial charge on any atom is 0.200 e. The van der Waals surface area contributed by atoms with Gasteiger partial charge >= 0.3 is 0 Å². The molecule has 0 heterocycles. The van der Waals surface area contributed by atoms with Crippen molar-refractivity contribution < 1.29 is 9.53 Å². The van der Waals surface area contributed by atoms with Crippen LogP contribution in [-0.2, 0) is 9.53 Å². The fourth-order valence-corrected chi connectivity index (χ4v) is 1.68. The van der Waals surface area contributed by atoms with E-state index < -0.39 is 0 Å². The highest BCUT2D eigenvalue weighted by molar-refractivity contribution is 6.38. The SMILES string of the molecule is C=C1C(=O)C(c2ccccc2)=C1OC(C)C. The summed E-state index contributed by atoms with van der Waals surface area (Å²) in [6.45, 7) is 7.59. The number of Topliss-reactive ketones (excluding diaryl/α,β-unsaturated/α-hetero) is 1. The largest absolute Gasteiger partial charge is 0.489 e. The Balaban J connectivity index is 2.41. The molecule has 0 radical (unpaired) electrons. The molecule has 1 aromatic carbocycles. The van der Waals surface area contributed by atoms with Crippen molar-refractivity contribution in [1.29, 1.82) is 0 Å². The molecule has 0 atom stereocenters. The lowest BCUT2D eigenvalue weighted by Gasteiger charge is -2.26. The summed E-state index contributed by atoms with van der Waals surface area (Å²) < 4.78 is 5.60. The minimum atomic E-state index is -0.0122. The van der Waals surface area contributed by atoms with Gasteiger partial charge in [-0.2, -0.15) is 0 Å².